The van der Waals surface area contributed by atoms with Crippen LogP contribution in [0.5, 0.6) is 5.75 Å². The average molecular weight is 340 g/mol. The molecule has 1 unspecified atom stereocenters. The molecule has 9 heteroatoms. The van der Waals surface area contributed by atoms with Gasteiger partial charge in [0.2, 0.25) is 5.25 Å². The Kier molecular flexibility index (Phi) is 4.42. The lowest BCUT2D eigenvalue weighted by Crippen LogP contribution is -2.57. The lowest BCUT2D eigenvalue weighted by atomic mass is 10.2. The van der Waals surface area contributed by atoms with Gasteiger partial charge in [0.25, 0.3) is 10.0 Å². The van der Waals surface area contributed by atoms with Crippen molar-refractivity contribution in [2.45, 2.75) is 12.2 Å². The maximum Gasteiger partial charge on any atom is 0.500 e. The molecular weight excluding hydrogens is 322 g/mol. The first-order chi connectivity index (χ1) is 10.7. The molecule has 1 N–H and O–H groups in total. The number of sulfonamides is 1. The van der Waals surface area contributed by atoms with Crippen molar-refractivity contribution in [2.24, 2.45) is 0 Å². The molecule has 0 radical (unpaired) electrons. The van der Waals surface area contributed by atoms with E-state index < -0.39 is 27.2 Å². The molecule has 0 aromatic heterocycles. The van der Waals surface area contributed by atoms with Crippen LogP contribution >= 0.6 is 0 Å². The number of nitrogens with zero attached hydrogens (tertiary/aromatic N) is 2. The van der Waals surface area contributed by atoms with Gasteiger partial charge in [-0.3, -0.25) is 4.72 Å². The zero-order valence-corrected chi connectivity index (χ0v) is 14.0. The standard InChI is InChI=1S/C14H18N3O5S/c1-9-12(13(18)17(3)14(19)16(9)2)23(20,21)15-10-7-5-6-8-11(10)22-4/h5-8,12,15H,1-4H3/q+1. The smallest absolute Gasteiger partial charge is 0.495 e. The van der Waals surface area contributed by atoms with Crippen LogP contribution in [0.3, 0.4) is 0 Å². The number of amides is 3. The number of hydrogen-bond donors (Lipinski definition) is 1. The number of benzene rings is 1. The predicted octanol–water partition coefficient (Wildman–Crippen LogP) is 0.501. The monoisotopic (exact) mass is 340 g/mol. The van der Waals surface area contributed by atoms with Crippen LogP contribution in [0.25, 0.3) is 0 Å². The number of urea groups is 1. The summed E-state index contributed by atoms with van der Waals surface area (Å²) in [6, 6.07) is 5.88. The highest BCUT2D eigenvalue weighted by Crippen LogP contribution is 2.26. The van der Waals surface area contributed by atoms with Crippen molar-refractivity contribution >= 4 is 33.4 Å². The highest BCUT2D eigenvalue weighted by atomic mass is 32.2. The fourth-order valence-corrected chi connectivity index (χ4v) is 3.92. The molecule has 124 valence electrons. The molecule has 8 nitrogen and oxygen atoms in total. The largest absolute Gasteiger partial charge is 0.500 e. The minimum atomic E-state index is -4.11. The Labute approximate surface area is 134 Å². The van der Waals surface area contributed by atoms with E-state index in [0.717, 1.165) is 9.48 Å². The van der Waals surface area contributed by atoms with Crippen LogP contribution in [-0.2, 0) is 14.8 Å². The lowest BCUT2D eigenvalue weighted by molar-refractivity contribution is -0.405. The van der Waals surface area contributed by atoms with Gasteiger partial charge in [-0.05, 0) is 19.1 Å². The summed E-state index contributed by atoms with van der Waals surface area (Å²) < 4.78 is 33.9. The number of imide groups is 1. The summed E-state index contributed by atoms with van der Waals surface area (Å²) in [4.78, 5) is 24.9. The van der Waals surface area contributed by atoms with Gasteiger partial charge in [-0.15, -0.1) is 0 Å². The average Bonchev–Trinajstić information content (AvgIpc) is 2.51. The van der Waals surface area contributed by atoms with Gasteiger partial charge in [0.1, 0.15) is 11.5 Å². The van der Waals surface area contributed by atoms with Gasteiger partial charge in [0.05, 0.1) is 26.9 Å². The lowest BCUT2D eigenvalue weighted by Gasteiger charge is -2.24. The van der Waals surface area contributed by atoms with Gasteiger partial charge in [-0.2, -0.15) is 14.3 Å². The maximum atomic E-state index is 12.7. The Morgan fingerprint density at radius 2 is 1.87 bits per heavy atom. The van der Waals surface area contributed by atoms with Crippen molar-refractivity contribution in [3.8, 4) is 5.75 Å². The summed E-state index contributed by atoms with van der Waals surface area (Å²) in [5.74, 6) is -0.470. The third-order valence-corrected chi connectivity index (χ3v) is 5.37. The van der Waals surface area contributed by atoms with Gasteiger partial charge in [0, 0.05) is 0 Å². The number of hydrogen-bond acceptors (Lipinski definition) is 5. The quantitative estimate of drug-likeness (QED) is 0.805. The number of rotatable bonds is 4. The molecule has 0 saturated heterocycles. The highest BCUT2D eigenvalue weighted by molar-refractivity contribution is 7.94. The summed E-state index contributed by atoms with van der Waals surface area (Å²) in [7, 11) is -0.0235. The van der Waals surface area contributed by atoms with E-state index in [1.165, 1.54) is 34.2 Å². The van der Waals surface area contributed by atoms with Crippen molar-refractivity contribution in [3.63, 3.8) is 0 Å². The normalized spacial score (nSPS) is 19.1. The molecule has 0 saturated carbocycles. The number of anilines is 1. The van der Waals surface area contributed by atoms with E-state index >= 15 is 0 Å². The SMILES string of the molecule is COc1ccccc1NS(=O)(=O)C1C(=O)N(C)C(=O)[N+](C)=C1C. The maximum absolute atomic E-state index is 12.7. The molecule has 1 aliphatic heterocycles. The number of para-hydroxylation sites is 2. The molecule has 0 fully saturated rings. The van der Waals surface area contributed by atoms with Crippen molar-refractivity contribution in [2.75, 3.05) is 25.9 Å². The Bertz CT molecular complexity index is 800. The third-order valence-electron chi connectivity index (χ3n) is 3.71. The van der Waals surface area contributed by atoms with Gasteiger partial charge in [-0.25, -0.2) is 13.2 Å². The second kappa shape index (κ2) is 5.99. The Balaban J connectivity index is 2.47. The molecule has 1 aromatic carbocycles. The van der Waals surface area contributed by atoms with Gasteiger partial charge in [-0.1, -0.05) is 12.1 Å². The van der Waals surface area contributed by atoms with E-state index in [4.69, 9.17) is 4.74 Å². The fourth-order valence-electron chi connectivity index (χ4n) is 2.30. The topological polar surface area (TPSA) is 95.8 Å². The van der Waals surface area contributed by atoms with E-state index in [2.05, 4.69) is 4.72 Å². The molecule has 1 aliphatic rings. The second-order valence-corrected chi connectivity index (χ2v) is 6.87. The number of ether oxygens (including phenoxy) is 1. The number of carbonyl (C=O) groups is 2. The van der Waals surface area contributed by atoms with E-state index in [9.17, 15) is 18.0 Å². The van der Waals surface area contributed by atoms with Gasteiger partial charge >= 0.3 is 11.9 Å². The Morgan fingerprint density at radius 1 is 1.26 bits per heavy atom. The summed E-state index contributed by atoms with van der Waals surface area (Å²) in [6.45, 7) is 1.44. The van der Waals surface area contributed by atoms with Crippen LogP contribution in [0.15, 0.2) is 24.3 Å². The second-order valence-electron chi connectivity index (χ2n) is 5.11. The van der Waals surface area contributed by atoms with E-state index in [1.807, 2.05) is 0 Å². The van der Waals surface area contributed by atoms with E-state index in [0.29, 0.717) is 5.75 Å². The minimum Gasteiger partial charge on any atom is -0.495 e. The molecule has 23 heavy (non-hydrogen) atoms. The zero-order chi connectivity index (χ0) is 17.4. The van der Waals surface area contributed by atoms with Crippen LogP contribution in [0, 0.1) is 0 Å². The summed E-state index contributed by atoms with van der Waals surface area (Å²) in [6.07, 6.45) is 0. The van der Waals surface area contributed by atoms with E-state index in [1.54, 1.807) is 18.2 Å². The first-order valence-corrected chi connectivity index (χ1v) is 8.28. The third kappa shape index (κ3) is 2.91. The summed E-state index contributed by atoms with van der Waals surface area (Å²) in [5, 5.41) is -1.49. The van der Waals surface area contributed by atoms with E-state index in [-0.39, 0.29) is 11.4 Å². The fraction of sp³-hybridized carbons (Fsp3) is 0.357. The Hall–Kier alpha value is -2.42. The van der Waals surface area contributed by atoms with Crippen LogP contribution in [-0.4, -0.2) is 62.0 Å². The van der Waals surface area contributed by atoms with Gasteiger partial charge in [0.15, 0.2) is 0 Å². The number of nitrogens with one attached hydrogen (secondary N) is 1. The first kappa shape index (κ1) is 16.9. The molecule has 0 bridgehead atoms. The molecule has 1 aromatic rings. The van der Waals surface area contributed by atoms with Crippen molar-refractivity contribution in [1.29, 1.82) is 0 Å². The molecule has 1 heterocycles. The molecule has 0 spiro atoms. The molecule has 1 atom stereocenters. The highest BCUT2D eigenvalue weighted by Gasteiger charge is 2.50. The summed E-state index contributed by atoms with van der Waals surface area (Å²) in [5.41, 5.74) is 0.360. The molecule has 2 rings (SSSR count). The van der Waals surface area contributed by atoms with Crippen molar-refractivity contribution in [1.82, 2.24) is 4.90 Å². The number of methoxy groups -OCH3 is 1. The first-order valence-electron chi connectivity index (χ1n) is 6.74. The predicted molar refractivity (Wildman–Crippen MR) is 84.4 cm³/mol. The van der Waals surface area contributed by atoms with Crippen LogP contribution in [0.4, 0.5) is 10.5 Å². The molecule has 3 amide bonds. The molecule has 0 aliphatic carbocycles. The Morgan fingerprint density at radius 3 is 2.48 bits per heavy atom. The molecular formula is C14H18N3O5S+. The van der Waals surface area contributed by atoms with Crippen molar-refractivity contribution < 1.29 is 27.3 Å². The van der Waals surface area contributed by atoms with Crippen LogP contribution < -0.4 is 9.46 Å². The minimum absolute atomic E-state index is 0.139. The zero-order valence-electron chi connectivity index (χ0n) is 13.2. The number of carbonyl (C=O) groups excluding carboxylic acids is 2. The summed E-state index contributed by atoms with van der Waals surface area (Å²) >= 11 is 0. The van der Waals surface area contributed by atoms with Crippen molar-refractivity contribution in [3.05, 3.63) is 24.3 Å². The van der Waals surface area contributed by atoms with Gasteiger partial charge < -0.3 is 4.74 Å². The van der Waals surface area contributed by atoms with Crippen LogP contribution in [0.1, 0.15) is 6.92 Å². The van der Waals surface area contributed by atoms with Crippen LogP contribution in [0.2, 0.25) is 0 Å².